The largest absolute Gasteiger partial charge is 0.212 e. The Kier molecular flexibility index (Phi) is 1.95. The van der Waals surface area contributed by atoms with Crippen molar-refractivity contribution in [3.05, 3.63) is 52.7 Å². The summed E-state index contributed by atoms with van der Waals surface area (Å²) in [5.74, 6) is -0.591. The van der Waals surface area contributed by atoms with Gasteiger partial charge in [0.1, 0.15) is 7.05 Å². The van der Waals surface area contributed by atoms with Crippen LogP contribution in [0, 0.1) is 19.8 Å². The van der Waals surface area contributed by atoms with Crippen molar-refractivity contribution >= 4 is 0 Å². The maximum Gasteiger partial charge on any atom is 0.212 e. The monoisotopic (exact) mass is 267 g/mol. The molecule has 102 valence electrons. The van der Waals surface area contributed by atoms with E-state index in [0.717, 1.165) is 16.8 Å². The van der Waals surface area contributed by atoms with Crippen molar-refractivity contribution in [2.75, 3.05) is 0 Å². The minimum Gasteiger partial charge on any atom is -0.201 e. The minimum absolute atomic E-state index is 0.000499. The molecule has 3 aliphatic rings. The third-order valence-corrected chi connectivity index (χ3v) is 4.66. The van der Waals surface area contributed by atoms with E-state index < -0.39 is 12.3 Å². The Balaban J connectivity index is 1.95. The fourth-order valence-corrected chi connectivity index (χ4v) is 3.50. The first kappa shape index (κ1) is 9.33. The van der Waals surface area contributed by atoms with E-state index in [1.807, 2.05) is 17.8 Å². The van der Waals surface area contributed by atoms with Crippen molar-refractivity contribution in [1.29, 1.82) is 0 Å². The first-order valence-corrected chi connectivity index (χ1v) is 7.35. The lowest BCUT2D eigenvalue weighted by molar-refractivity contribution is -0.661. The zero-order valence-electron chi connectivity index (χ0n) is 15.3. The average molecular weight is 267 g/mol. The van der Waals surface area contributed by atoms with Gasteiger partial charge in [-0.05, 0) is 62.1 Å². The van der Waals surface area contributed by atoms with Crippen molar-refractivity contribution in [3.63, 3.8) is 0 Å². The lowest BCUT2D eigenvalue weighted by atomic mass is 9.63. The van der Waals surface area contributed by atoms with E-state index in [-0.39, 0.29) is 5.92 Å². The number of benzene rings is 1. The van der Waals surface area contributed by atoms with E-state index in [0.29, 0.717) is 18.4 Å². The second-order valence-corrected chi connectivity index (χ2v) is 6.27. The van der Waals surface area contributed by atoms with Crippen LogP contribution in [0.25, 0.3) is 11.3 Å². The van der Waals surface area contributed by atoms with Crippen LogP contribution in [0.4, 0.5) is 0 Å². The van der Waals surface area contributed by atoms with Crippen LogP contribution in [0.3, 0.4) is 0 Å². The van der Waals surface area contributed by atoms with Crippen LogP contribution >= 0.6 is 0 Å². The number of aryl methyl sites for hydroxylation is 3. The highest BCUT2D eigenvalue weighted by Gasteiger charge is 2.38. The molecule has 1 nitrogen and oxygen atoms in total. The van der Waals surface area contributed by atoms with Gasteiger partial charge in [0.2, 0.25) is 5.69 Å². The van der Waals surface area contributed by atoms with Gasteiger partial charge in [-0.15, -0.1) is 0 Å². The number of aromatic nitrogens is 1. The Morgan fingerprint density at radius 2 is 2.05 bits per heavy atom. The van der Waals surface area contributed by atoms with Gasteiger partial charge < -0.3 is 0 Å². The van der Waals surface area contributed by atoms with Gasteiger partial charge in [0, 0.05) is 21.3 Å². The van der Waals surface area contributed by atoms with Crippen molar-refractivity contribution in [1.82, 2.24) is 0 Å². The molecule has 1 aromatic carbocycles. The fourth-order valence-electron chi connectivity index (χ4n) is 3.50. The average Bonchev–Trinajstić information content (AvgIpc) is 2.43. The van der Waals surface area contributed by atoms with Crippen LogP contribution < -0.4 is 4.57 Å². The van der Waals surface area contributed by atoms with Crippen molar-refractivity contribution < 1.29 is 8.68 Å². The number of nitrogens with zero attached hydrogens (tertiary/aromatic N) is 1. The summed E-state index contributed by atoms with van der Waals surface area (Å²) in [6, 6.07) is 8.47. The van der Waals surface area contributed by atoms with Crippen LogP contribution in [0.15, 0.2) is 30.5 Å². The van der Waals surface area contributed by atoms with E-state index in [1.165, 1.54) is 11.1 Å². The molecule has 1 aromatic heterocycles. The molecule has 1 saturated carbocycles. The molecule has 0 aliphatic heterocycles. The van der Waals surface area contributed by atoms with Gasteiger partial charge in [-0.2, -0.15) is 0 Å². The van der Waals surface area contributed by atoms with Gasteiger partial charge in [0.25, 0.3) is 0 Å². The third-order valence-electron chi connectivity index (χ3n) is 4.66. The second kappa shape index (κ2) is 4.18. The molecule has 1 fully saturated rings. The van der Waals surface area contributed by atoms with Crippen molar-refractivity contribution in [2.45, 2.75) is 39.0 Å². The first-order valence-electron chi connectivity index (χ1n) is 8.85. The van der Waals surface area contributed by atoms with Crippen LogP contribution in [0.5, 0.6) is 0 Å². The summed E-state index contributed by atoms with van der Waals surface area (Å²) in [4.78, 5) is 0. The quantitative estimate of drug-likeness (QED) is 0.691. The standard InChI is InChI=1S/C19H22N/c1-12-4-5-17(13(2)6-12)19-10-18-15-7-14(8-15)9-16(18)11-20(19)3/h4-6,10-11,14-15H,7-9H2,1-3H3/q+1/i9D2,15D. The fraction of sp³-hybridized carbons (Fsp3) is 0.421. The lowest BCUT2D eigenvalue weighted by Crippen LogP contribution is -2.37. The summed E-state index contributed by atoms with van der Waals surface area (Å²) >= 11 is 0. The van der Waals surface area contributed by atoms with Crippen molar-refractivity contribution in [3.8, 4) is 11.3 Å². The second-order valence-electron chi connectivity index (χ2n) is 6.27. The highest BCUT2D eigenvalue weighted by Crippen LogP contribution is 2.49. The Labute approximate surface area is 125 Å². The van der Waals surface area contributed by atoms with Crippen LogP contribution in [0.1, 0.15) is 45.1 Å². The summed E-state index contributed by atoms with van der Waals surface area (Å²) in [6.07, 6.45) is 1.90. The van der Waals surface area contributed by atoms with E-state index in [4.69, 9.17) is 4.11 Å². The van der Waals surface area contributed by atoms with E-state index in [9.17, 15) is 0 Å². The molecule has 0 spiro atoms. The van der Waals surface area contributed by atoms with E-state index in [1.54, 1.807) is 0 Å². The molecule has 0 amide bonds. The maximum absolute atomic E-state index is 8.69. The van der Waals surface area contributed by atoms with Crippen LogP contribution in [-0.4, -0.2) is 0 Å². The summed E-state index contributed by atoms with van der Waals surface area (Å²) in [6.45, 7) is 4.20. The van der Waals surface area contributed by atoms with Crippen LogP contribution in [0.2, 0.25) is 0 Å². The molecular weight excluding hydrogens is 242 g/mol. The van der Waals surface area contributed by atoms with Gasteiger partial charge in [-0.25, -0.2) is 4.57 Å². The Hall–Kier alpha value is -1.63. The summed E-state index contributed by atoms with van der Waals surface area (Å²) in [5.41, 5.74) is 6.27. The number of hydrogen-bond acceptors (Lipinski definition) is 0. The number of pyridine rings is 1. The molecule has 3 aliphatic carbocycles. The third kappa shape index (κ3) is 1.72. The van der Waals surface area contributed by atoms with Gasteiger partial charge in [-0.1, -0.05) is 17.7 Å². The van der Waals surface area contributed by atoms with Gasteiger partial charge in [0.05, 0.1) is 0 Å². The predicted octanol–water partition coefficient (Wildman–Crippen LogP) is 3.84. The summed E-state index contributed by atoms with van der Waals surface area (Å²) < 4.78 is 27.6. The molecule has 1 heteroatoms. The number of rotatable bonds is 1. The van der Waals surface area contributed by atoms with Gasteiger partial charge in [0.15, 0.2) is 6.20 Å². The molecule has 2 bridgehead atoms. The smallest absolute Gasteiger partial charge is 0.201 e. The molecule has 20 heavy (non-hydrogen) atoms. The van der Waals surface area contributed by atoms with E-state index in [2.05, 4.69) is 38.1 Å². The SMILES string of the molecule is [2H]C12CC(C1)C([2H])([2H])c1c[n+](C)c(-c3ccc(C)cc3C)cc12. The molecule has 1 heterocycles. The van der Waals surface area contributed by atoms with Crippen molar-refractivity contribution in [2.24, 2.45) is 13.0 Å². The molecular formula is C19H22N+. The van der Waals surface area contributed by atoms with Gasteiger partial charge in [-0.3, -0.25) is 0 Å². The molecule has 0 unspecified atom stereocenters. The molecule has 2 aromatic rings. The zero-order chi connectivity index (χ0) is 16.6. The Morgan fingerprint density at radius 1 is 1.25 bits per heavy atom. The minimum atomic E-state index is -1.31. The van der Waals surface area contributed by atoms with Crippen LogP contribution in [-0.2, 0) is 13.4 Å². The molecule has 0 atom stereocenters. The maximum atomic E-state index is 8.69. The molecule has 5 rings (SSSR count). The summed E-state index contributed by atoms with van der Waals surface area (Å²) in [7, 11) is 1.97. The molecule has 0 radical (unpaired) electrons. The molecule has 0 saturated heterocycles. The normalized spacial score (nSPS) is 31.6. The highest BCUT2D eigenvalue weighted by molar-refractivity contribution is 5.63. The topological polar surface area (TPSA) is 3.88 Å². The predicted molar refractivity (Wildman–Crippen MR) is 81.7 cm³/mol. The van der Waals surface area contributed by atoms with Gasteiger partial charge >= 0.3 is 0 Å². The Bertz CT molecular complexity index is 820. The zero-order valence-corrected chi connectivity index (χ0v) is 12.3. The Morgan fingerprint density at radius 3 is 2.80 bits per heavy atom. The lowest BCUT2D eigenvalue weighted by Gasteiger charge is -2.41. The highest BCUT2D eigenvalue weighted by atomic mass is 14.9. The first-order chi connectivity index (χ1) is 10.7. The molecule has 0 N–H and O–H groups in total. The van der Waals surface area contributed by atoms with E-state index >= 15 is 0 Å². The number of hydrogen-bond donors (Lipinski definition) is 0. The summed E-state index contributed by atoms with van der Waals surface area (Å²) in [5, 5.41) is 0.